The largest absolute Gasteiger partial charge is 0.391 e. The molecule has 1 fully saturated rings. The summed E-state index contributed by atoms with van der Waals surface area (Å²) in [6, 6.07) is 0.107. The fraction of sp³-hybridized carbons (Fsp3) is 0.714. The summed E-state index contributed by atoms with van der Waals surface area (Å²) < 4.78 is 1.67. The van der Waals surface area contributed by atoms with Crippen LogP contribution in [0.4, 0.5) is 5.82 Å². The molecule has 106 valence electrons. The van der Waals surface area contributed by atoms with Crippen LogP contribution in [0.3, 0.4) is 0 Å². The summed E-state index contributed by atoms with van der Waals surface area (Å²) in [6.45, 7) is 3.95. The Labute approximate surface area is 113 Å². The first kappa shape index (κ1) is 14.1. The normalized spacial score (nSPS) is 23.6. The first-order valence-electron chi connectivity index (χ1n) is 7.00. The highest BCUT2D eigenvalue weighted by Crippen LogP contribution is 2.24. The number of nitrogens with zero attached hydrogens (tertiary/aromatic N) is 3. The van der Waals surface area contributed by atoms with Crippen molar-refractivity contribution in [2.45, 2.75) is 57.7 Å². The van der Waals surface area contributed by atoms with Gasteiger partial charge in [-0.1, -0.05) is 12.8 Å². The summed E-state index contributed by atoms with van der Waals surface area (Å²) in [6.07, 6.45) is 6.87. The molecule has 1 aliphatic carbocycles. The number of aromatic nitrogens is 2. The second kappa shape index (κ2) is 5.74. The highest BCUT2D eigenvalue weighted by molar-refractivity contribution is 5.36. The van der Waals surface area contributed by atoms with Gasteiger partial charge in [0.05, 0.1) is 12.1 Å². The Morgan fingerprint density at radius 2 is 2.11 bits per heavy atom. The summed E-state index contributed by atoms with van der Waals surface area (Å²) >= 11 is 0. The van der Waals surface area contributed by atoms with E-state index in [1.807, 2.05) is 25.8 Å². The Morgan fingerprint density at radius 1 is 1.42 bits per heavy atom. The lowest BCUT2D eigenvalue weighted by Crippen LogP contribution is -2.46. The Kier molecular flexibility index (Phi) is 4.24. The van der Waals surface area contributed by atoms with Crippen LogP contribution in [0.2, 0.25) is 0 Å². The molecular weight excluding hydrogens is 242 g/mol. The van der Waals surface area contributed by atoms with Gasteiger partial charge in [-0.2, -0.15) is 0 Å². The standard InChI is InChI=1S/C14H23N3O2/c1-10(2)17-9-8-15-13(14(17)19)16(3)11-6-4-5-7-12(11)18/h8-12,18H,4-7H2,1-3H3. The number of rotatable bonds is 3. The molecule has 0 spiro atoms. The third-order valence-corrected chi connectivity index (χ3v) is 3.93. The highest BCUT2D eigenvalue weighted by Gasteiger charge is 2.28. The molecule has 2 unspecified atom stereocenters. The summed E-state index contributed by atoms with van der Waals surface area (Å²) in [5, 5.41) is 10.1. The van der Waals surface area contributed by atoms with E-state index in [0.717, 1.165) is 25.7 Å². The van der Waals surface area contributed by atoms with Gasteiger partial charge in [-0.25, -0.2) is 4.98 Å². The molecule has 1 saturated carbocycles. The second-order valence-corrected chi connectivity index (χ2v) is 5.59. The molecule has 1 aromatic heterocycles. The zero-order valence-corrected chi connectivity index (χ0v) is 11.9. The first-order valence-corrected chi connectivity index (χ1v) is 7.00. The van der Waals surface area contributed by atoms with Crippen molar-refractivity contribution in [1.82, 2.24) is 9.55 Å². The van der Waals surface area contributed by atoms with Crippen LogP contribution < -0.4 is 10.5 Å². The second-order valence-electron chi connectivity index (χ2n) is 5.59. The molecule has 1 heterocycles. The third kappa shape index (κ3) is 2.81. The summed E-state index contributed by atoms with van der Waals surface area (Å²) in [4.78, 5) is 18.4. The van der Waals surface area contributed by atoms with Crippen molar-refractivity contribution in [1.29, 1.82) is 0 Å². The Balaban J connectivity index is 2.31. The molecule has 0 radical (unpaired) electrons. The molecule has 2 atom stereocenters. The van der Waals surface area contributed by atoms with Gasteiger partial charge in [0.2, 0.25) is 0 Å². The minimum atomic E-state index is -0.368. The lowest BCUT2D eigenvalue weighted by Gasteiger charge is -2.35. The number of aliphatic hydroxyl groups excluding tert-OH is 1. The molecule has 0 aromatic carbocycles. The van der Waals surface area contributed by atoms with Gasteiger partial charge < -0.3 is 14.6 Å². The van der Waals surface area contributed by atoms with Gasteiger partial charge in [-0.15, -0.1) is 0 Å². The van der Waals surface area contributed by atoms with E-state index in [4.69, 9.17) is 0 Å². The van der Waals surface area contributed by atoms with Crippen molar-refractivity contribution < 1.29 is 5.11 Å². The maximum atomic E-state index is 12.4. The van der Waals surface area contributed by atoms with E-state index in [9.17, 15) is 9.90 Å². The highest BCUT2D eigenvalue weighted by atomic mass is 16.3. The topological polar surface area (TPSA) is 58.4 Å². The van der Waals surface area contributed by atoms with E-state index in [1.54, 1.807) is 17.0 Å². The zero-order valence-electron chi connectivity index (χ0n) is 11.9. The number of likely N-dealkylation sites (N-methyl/N-ethyl adjacent to an activating group) is 1. The van der Waals surface area contributed by atoms with E-state index < -0.39 is 0 Å². The number of hydrogen-bond donors (Lipinski definition) is 1. The average molecular weight is 265 g/mol. The van der Waals surface area contributed by atoms with E-state index in [-0.39, 0.29) is 23.7 Å². The zero-order chi connectivity index (χ0) is 14.0. The number of anilines is 1. The molecule has 19 heavy (non-hydrogen) atoms. The van der Waals surface area contributed by atoms with Crippen LogP contribution in [0.5, 0.6) is 0 Å². The Bertz CT molecular complexity index is 484. The first-order chi connectivity index (χ1) is 9.02. The lowest BCUT2D eigenvalue weighted by molar-refractivity contribution is 0.106. The van der Waals surface area contributed by atoms with Crippen molar-refractivity contribution in [3.05, 3.63) is 22.7 Å². The van der Waals surface area contributed by atoms with E-state index >= 15 is 0 Å². The molecular formula is C14H23N3O2. The van der Waals surface area contributed by atoms with Crippen LogP contribution in [0, 0.1) is 0 Å². The predicted molar refractivity (Wildman–Crippen MR) is 75.5 cm³/mol. The number of hydrogen-bond acceptors (Lipinski definition) is 4. The van der Waals surface area contributed by atoms with Gasteiger partial charge in [-0.3, -0.25) is 4.79 Å². The summed E-state index contributed by atoms with van der Waals surface area (Å²) in [5.74, 6) is 0.433. The van der Waals surface area contributed by atoms with Gasteiger partial charge in [0.1, 0.15) is 0 Å². The molecule has 5 heteroatoms. The molecule has 0 aliphatic heterocycles. The average Bonchev–Trinajstić information content (AvgIpc) is 2.38. The Morgan fingerprint density at radius 3 is 2.74 bits per heavy atom. The fourth-order valence-electron chi connectivity index (χ4n) is 2.76. The SMILES string of the molecule is CC(C)n1ccnc(N(C)C2CCCCC2O)c1=O. The van der Waals surface area contributed by atoms with Gasteiger partial charge in [0, 0.05) is 25.5 Å². The molecule has 2 rings (SSSR count). The molecule has 1 aromatic rings. The molecule has 5 nitrogen and oxygen atoms in total. The van der Waals surface area contributed by atoms with Gasteiger partial charge in [0.15, 0.2) is 5.82 Å². The van der Waals surface area contributed by atoms with Crippen molar-refractivity contribution in [2.24, 2.45) is 0 Å². The monoisotopic (exact) mass is 265 g/mol. The summed E-state index contributed by atoms with van der Waals surface area (Å²) in [7, 11) is 1.85. The van der Waals surface area contributed by atoms with Crippen molar-refractivity contribution in [2.75, 3.05) is 11.9 Å². The van der Waals surface area contributed by atoms with Gasteiger partial charge in [0.25, 0.3) is 5.56 Å². The molecule has 1 aliphatic rings. The van der Waals surface area contributed by atoms with Crippen molar-refractivity contribution in [3.8, 4) is 0 Å². The molecule has 1 N–H and O–H groups in total. The minimum Gasteiger partial charge on any atom is -0.391 e. The maximum Gasteiger partial charge on any atom is 0.293 e. The predicted octanol–water partition coefficient (Wildman–Crippen LogP) is 1.56. The van der Waals surface area contributed by atoms with Crippen LogP contribution in [0.25, 0.3) is 0 Å². The van der Waals surface area contributed by atoms with Crippen LogP contribution in [0.15, 0.2) is 17.2 Å². The van der Waals surface area contributed by atoms with Crippen molar-refractivity contribution in [3.63, 3.8) is 0 Å². The van der Waals surface area contributed by atoms with Crippen LogP contribution >= 0.6 is 0 Å². The van der Waals surface area contributed by atoms with E-state index in [0.29, 0.717) is 5.82 Å². The van der Waals surface area contributed by atoms with Gasteiger partial charge in [-0.05, 0) is 26.7 Å². The van der Waals surface area contributed by atoms with Crippen molar-refractivity contribution >= 4 is 5.82 Å². The molecule has 0 saturated heterocycles. The van der Waals surface area contributed by atoms with E-state index in [2.05, 4.69) is 4.98 Å². The maximum absolute atomic E-state index is 12.4. The van der Waals surface area contributed by atoms with Gasteiger partial charge >= 0.3 is 0 Å². The van der Waals surface area contributed by atoms with Crippen LogP contribution in [0.1, 0.15) is 45.6 Å². The fourth-order valence-corrected chi connectivity index (χ4v) is 2.76. The van der Waals surface area contributed by atoms with Crippen LogP contribution in [-0.2, 0) is 0 Å². The van der Waals surface area contributed by atoms with E-state index in [1.165, 1.54) is 0 Å². The minimum absolute atomic E-state index is 0.00281. The quantitative estimate of drug-likeness (QED) is 0.901. The molecule has 0 amide bonds. The number of aliphatic hydroxyl groups is 1. The van der Waals surface area contributed by atoms with Crippen LogP contribution in [-0.4, -0.2) is 33.9 Å². The Hall–Kier alpha value is -1.36. The third-order valence-electron chi connectivity index (χ3n) is 3.93. The smallest absolute Gasteiger partial charge is 0.293 e. The molecule has 0 bridgehead atoms. The lowest BCUT2D eigenvalue weighted by atomic mass is 9.91. The summed E-state index contributed by atoms with van der Waals surface area (Å²) in [5.41, 5.74) is -0.0854.